The zero-order valence-electron chi connectivity index (χ0n) is 7.41. The molecule has 0 spiro atoms. The molecule has 1 heterocycles. The number of hydrogen-bond acceptors (Lipinski definition) is 3. The Kier molecular flexibility index (Phi) is 3.05. The molecule has 0 aromatic carbocycles. The van der Waals surface area contributed by atoms with E-state index in [9.17, 15) is 0 Å². The van der Waals surface area contributed by atoms with Gasteiger partial charge in [0.2, 0.25) is 0 Å². The van der Waals surface area contributed by atoms with Gasteiger partial charge in [-0.15, -0.1) is 0 Å². The summed E-state index contributed by atoms with van der Waals surface area (Å²) in [5.41, 5.74) is 2.13. The van der Waals surface area contributed by atoms with Crippen molar-refractivity contribution in [2.45, 2.75) is 19.9 Å². The summed E-state index contributed by atoms with van der Waals surface area (Å²) in [7, 11) is 0. The van der Waals surface area contributed by atoms with Crippen LogP contribution >= 0.6 is 0 Å². The average Bonchev–Trinajstić information content (AvgIpc) is 2.09. The highest BCUT2D eigenvalue weighted by molar-refractivity contribution is 5.49. The Morgan fingerprint density at radius 1 is 1.67 bits per heavy atom. The lowest BCUT2D eigenvalue weighted by Crippen LogP contribution is -2.19. The fraction of sp³-hybridized carbons (Fsp3) is 0.444. The Bertz CT molecular complexity index is 250. The van der Waals surface area contributed by atoms with E-state index in [1.807, 2.05) is 19.9 Å². The summed E-state index contributed by atoms with van der Waals surface area (Å²) >= 11 is 0. The summed E-state index contributed by atoms with van der Waals surface area (Å²) in [6.45, 7) is 4.06. The normalized spacial score (nSPS) is 12.6. The second-order valence-electron chi connectivity index (χ2n) is 2.92. The Labute approximate surface area is 72.5 Å². The van der Waals surface area contributed by atoms with Crippen molar-refractivity contribution in [3.8, 4) is 0 Å². The Morgan fingerprint density at radius 3 is 3.00 bits per heavy atom. The van der Waals surface area contributed by atoms with Crippen molar-refractivity contribution in [2.75, 3.05) is 11.9 Å². The molecule has 2 N–H and O–H groups in total. The molecule has 12 heavy (non-hydrogen) atoms. The van der Waals surface area contributed by atoms with E-state index in [2.05, 4.69) is 10.3 Å². The average molecular weight is 166 g/mol. The molecule has 0 saturated carbocycles. The number of nitrogens with zero attached hydrogens (tertiary/aromatic N) is 1. The molecule has 1 aromatic heterocycles. The summed E-state index contributed by atoms with van der Waals surface area (Å²) in [4.78, 5) is 3.98. The molecular weight excluding hydrogens is 152 g/mol. The van der Waals surface area contributed by atoms with Crippen LogP contribution in [0.15, 0.2) is 18.5 Å². The van der Waals surface area contributed by atoms with Crippen LogP contribution in [0.25, 0.3) is 0 Å². The van der Waals surface area contributed by atoms with E-state index in [1.54, 1.807) is 12.4 Å². The van der Waals surface area contributed by atoms with Gasteiger partial charge in [0, 0.05) is 24.1 Å². The maximum Gasteiger partial charge on any atom is 0.0630 e. The first-order valence-corrected chi connectivity index (χ1v) is 4.02. The highest BCUT2D eigenvalue weighted by Crippen LogP contribution is 2.12. The van der Waals surface area contributed by atoms with Crippen LogP contribution < -0.4 is 5.32 Å². The van der Waals surface area contributed by atoms with Gasteiger partial charge in [0.25, 0.3) is 0 Å². The van der Waals surface area contributed by atoms with Gasteiger partial charge < -0.3 is 10.4 Å². The predicted octanol–water partition coefficient (Wildman–Crippen LogP) is 1.18. The minimum absolute atomic E-state index is 0.0890. The van der Waals surface area contributed by atoms with E-state index in [1.165, 1.54) is 0 Å². The monoisotopic (exact) mass is 166 g/mol. The Hall–Kier alpha value is -1.09. The van der Waals surface area contributed by atoms with E-state index in [-0.39, 0.29) is 12.6 Å². The van der Waals surface area contributed by atoms with Gasteiger partial charge in [-0.3, -0.25) is 4.98 Å². The van der Waals surface area contributed by atoms with Gasteiger partial charge in [-0.2, -0.15) is 0 Å². The van der Waals surface area contributed by atoms with Gasteiger partial charge in [0.05, 0.1) is 6.61 Å². The third-order valence-corrected chi connectivity index (χ3v) is 1.70. The second-order valence-corrected chi connectivity index (χ2v) is 2.92. The molecule has 1 rings (SSSR count). The highest BCUT2D eigenvalue weighted by atomic mass is 16.3. The van der Waals surface area contributed by atoms with Crippen LogP contribution in [-0.2, 0) is 0 Å². The van der Waals surface area contributed by atoms with Gasteiger partial charge in [-0.25, -0.2) is 0 Å². The number of nitrogens with one attached hydrogen (secondary N) is 1. The van der Waals surface area contributed by atoms with Gasteiger partial charge in [-0.05, 0) is 25.5 Å². The van der Waals surface area contributed by atoms with Gasteiger partial charge in [-0.1, -0.05) is 0 Å². The van der Waals surface area contributed by atoms with Crippen molar-refractivity contribution in [3.05, 3.63) is 24.0 Å². The second kappa shape index (κ2) is 4.07. The molecule has 0 amide bonds. The molecule has 3 nitrogen and oxygen atoms in total. The number of hydrogen-bond donors (Lipinski definition) is 2. The van der Waals surface area contributed by atoms with Gasteiger partial charge in [0.1, 0.15) is 0 Å². The first-order valence-electron chi connectivity index (χ1n) is 4.02. The quantitative estimate of drug-likeness (QED) is 0.708. The van der Waals surface area contributed by atoms with Crippen molar-refractivity contribution < 1.29 is 5.11 Å². The number of aliphatic hydroxyl groups is 1. The Morgan fingerprint density at radius 2 is 2.42 bits per heavy atom. The maximum absolute atomic E-state index is 8.81. The predicted molar refractivity (Wildman–Crippen MR) is 49.1 cm³/mol. The highest BCUT2D eigenvalue weighted by Gasteiger charge is 2.01. The van der Waals surface area contributed by atoms with Gasteiger partial charge >= 0.3 is 0 Å². The lowest BCUT2D eigenvalue weighted by atomic mass is 10.2. The maximum atomic E-state index is 8.81. The minimum atomic E-state index is 0.0890. The lowest BCUT2D eigenvalue weighted by Gasteiger charge is -2.13. The fourth-order valence-corrected chi connectivity index (χ4v) is 0.946. The summed E-state index contributed by atoms with van der Waals surface area (Å²) in [5, 5.41) is 12.0. The number of aromatic nitrogens is 1. The molecule has 3 heteroatoms. The van der Waals surface area contributed by atoms with Crippen LogP contribution in [0.5, 0.6) is 0 Å². The first kappa shape index (κ1) is 9.00. The van der Waals surface area contributed by atoms with Crippen LogP contribution in [0.3, 0.4) is 0 Å². The number of aryl methyl sites for hydroxylation is 1. The summed E-state index contributed by atoms with van der Waals surface area (Å²) in [5.74, 6) is 0. The van der Waals surface area contributed by atoms with E-state index >= 15 is 0 Å². The molecule has 0 radical (unpaired) electrons. The molecule has 0 bridgehead atoms. The molecule has 0 aliphatic carbocycles. The standard InChI is InChI=1S/C9H14N2O/c1-7-5-10-4-3-9(7)11-8(2)6-12/h3-5,8,12H,6H2,1-2H3,(H,10,11). The third-order valence-electron chi connectivity index (χ3n) is 1.70. The van der Waals surface area contributed by atoms with Crippen LogP contribution in [-0.4, -0.2) is 22.7 Å². The zero-order valence-corrected chi connectivity index (χ0v) is 7.41. The topological polar surface area (TPSA) is 45.2 Å². The van der Waals surface area contributed by atoms with E-state index in [0.29, 0.717) is 0 Å². The van der Waals surface area contributed by atoms with Gasteiger partial charge in [0.15, 0.2) is 0 Å². The number of pyridine rings is 1. The molecule has 0 aliphatic rings. The smallest absolute Gasteiger partial charge is 0.0630 e. The molecule has 1 aromatic rings. The van der Waals surface area contributed by atoms with Crippen molar-refractivity contribution >= 4 is 5.69 Å². The molecule has 0 fully saturated rings. The number of anilines is 1. The Balaban J connectivity index is 2.69. The van der Waals surface area contributed by atoms with E-state index in [4.69, 9.17) is 5.11 Å². The third kappa shape index (κ3) is 2.20. The lowest BCUT2D eigenvalue weighted by molar-refractivity contribution is 0.281. The minimum Gasteiger partial charge on any atom is -0.394 e. The van der Waals surface area contributed by atoms with Crippen LogP contribution in [0, 0.1) is 6.92 Å². The van der Waals surface area contributed by atoms with Crippen LogP contribution in [0.2, 0.25) is 0 Å². The number of rotatable bonds is 3. The van der Waals surface area contributed by atoms with Crippen molar-refractivity contribution in [2.24, 2.45) is 0 Å². The summed E-state index contributed by atoms with van der Waals surface area (Å²) in [6, 6.07) is 1.99. The van der Waals surface area contributed by atoms with Crippen molar-refractivity contribution in [1.29, 1.82) is 0 Å². The largest absolute Gasteiger partial charge is 0.394 e. The number of aliphatic hydroxyl groups excluding tert-OH is 1. The molecular formula is C9H14N2O. The summed E-state index contributed by atoms with van der Waals surface area (Å²) < 4.78 is 0. The SMILES string of the molecule is Cc1cnccc1NC(C)CO. The first-order chi connectivity index (χ1) is 5.74. The van der Waals surface area contributed by atoms with Crippen molar-refractivity contribution in [1.82, 2.24) is 4.98 Å². The summed E-state index contributed by atoms with van der Waals surface area (Å²) in [6.07, 6.45) is 3.53. The van der Waals surface area contributed by atoms with E-state index < -0.39 is 0 Å². The molecule has 1 unspecified atom stereocenters. The van der Waals surface area contributed by atoms with Crippen LogP contribution in [0.4, 0.5) is 5.69 Å². The molecule has 0 aliphatic heterocycles. The zero-order chi connectivity index (χ0) is 8.97. The molecule has 66 valence electrons. The fourth-order valence-electron chi connectivity index (χ4n) is 0.946. The molecule has 1 atom stereocenters. The molecule has 0 saturated heterocycles. The van der Waals surface area contributed by atoms with Crippen LogP contribution in [0.1, 0.15) is 12.5 Å². The van der Waals surface area contributed by atoms with E-state index in [0.717, 1.165) is 11.3 Å². The van der Waals surface area contributed by atoms with Crippen molar-refractivity contribution in [3.63, 3.8) is 0 Å².